The SMILES string of the molecule is C[C@H]1CN(C)C2CCCC2CN1. The van der Waals surface area contributed by atoms with Crippen molar-refractivity contribution in [2.45, 2.75) is 38.3 Å². The summed E-state index contributed by atoms with van der Waals surface area (Å²) >= 11 is 0. The van der Waals surface area contributed by atoms with Gasteiger partial charge in [0.25, 0.3) is 0 Å². The van der Waals surface area contributed by atoms with Gasteiger partial charge < -0.3 is 10.2 Å². The Hall–Kier alpha value is -0.0800. The topological polar surface area (TPSA) is 15.3 Å². The molecule has 2 nitrogen and oxygen atoms in total. The monoisotopic (exact) mass is 168 g/mol. The zero-order chi connectivity index (χ0) is 8.55. The largest absolute Gasteiger partial charge is 0.313 e. The molecule has 1 saturated carbocycles. The second-order valence-corrected chi connectivity index (χ2v) is 4.51. The Morgan fingerprint density at radius 3 is 3.00 bits per heavy atom. The second-order valence-electron chi connectivity index (χ2n) is 4.51. The molecule has 1 aliphatic carbocycles. The van der Waals surface area contributed by atoms with Crippen molar-refractivity contribution in [1.82, 2.24) is 10.2 Å². The lowest BCUT2D eigenvalue weighted by molar-refractivity contribution is 0.216. The Labute approximate surface area is 75.3 Å². The second kappa shape index (κ2) is 3.35. The van der Waals surface area contributed by atoms with Gasteiger partial charge in [0.05, 0.1) is 0 Å². The highest BCUT2D eigenvalue weighted by Gasteiger charge is 2.32. The standard InChI is InChI=1S/C10H20N2/c1-8-7-12(2)10-5-3-4-9(10)6-11-8/h8-11H,3-7H2,1-2H3/t8-,9?,10?/m0/s1. The molecule has 0 aromatic carbocycles. The Morgan fingerprint density at radius 2 is 2.17 bits per heavy atom. The zero-order valence-corrected chi connectivity index (χ0v) is 8.21. The van der Waals surface area contributed by atoms with Crippen molar-refractivity contribution in [3.05, 3.63) is 0 Å². The minimum atomic E-state index is 0.681. The van der Waals surface area contributed by atoms with Crippen LogP contribution in [0.25, 0.3) is 0 Å². The summed E-state index contributed by atoms with van der Waals surface area (Å²) in [5, 5.41) is 3.60. The van der Waals surface area contributed by atoms with Crippen LogP contribution in [0.5, 0.6) is 0 Å². The van der Waals surface area contributed by atoms with Gasteiger partial charge in [-0.05, 0) is 39.3 Å². The van der Waals surface area contributed by atoms with Crippen molar-refractivity contribution >= 4 is 0 Å². The maximum absolute atomic E-state index is 3.60. The van der Waals surface area contributed by atoms with Crippen LogP contribution < -0.4 is 5.32 Å². The van der Waals surface area contributed by atoms with Gasteiger partial charge in [-0.2, -0.15) is 0 Å². The van der Waals surface area contributed by atoms with Crippen LogP contribution in [0, 0.1) is 5.92 Å². The molecule has 2 rings (SSSR count). The van der Waals surface area contributed by atoms with Gasteiger partial charge in [-0.25, -0.2) is 0 Å². The lowest BCUT2D eigenvalue weighted by atomic mass is 10.0. The van der Waals surface area contributed by atoms with E-state index in [9.17, 15) is 0 Å². The number of fused-ring (bicyclic) bond motifs is 1. The van der Waals surface area contributed by atoms with E-state index in [2.05, 4.69) is 24.2 Å². The fourth-order valence-corrected chi connectivity index (χ4v) is 2.82. The first kappa shape index (κ1) is 8.52. The number of hydrogen-bond acceptors (Lipinski definition) is 2. The summed E-state index contributed by atoms with van der Waals surface area (Å²) in [6, 6.07) is 1.56. The summed E-state index contributed by atoms with van der Waals surface area (Å²) in [6.07, 6.45) is 4.31. The summed E-state index contributed by atoms with van der Waals surface area (Å²) < 4.78 is 0. The van der Waals surface area contributed by atoms with Crippen LogP contribution in [-0.4, -0.2) is 37.1 Å². The Bertz CT molecular complexity index is 158. The maximum atomic E-state index is 3.60. The smallest absolute Gasteiger partial charge is 0.0166 e. The summed E-state index contributed by atoms with van der Waals surface area (Å²) in [5.74, 6) is 0.931. The van der Waals surface area contributed by atoms with Crippen molar-refractivity contribution in [3.8, 4) is 0 Å². The van der Waals surface area contributed by atoms with Crippen LogP contribution in [0.2, 0.25) is 0 Å². The number of nitrogens with one attached hydrogen (secondary N) is 1. The first-order chi connectivity index (χ1) is 5.77. The first-order valence-electron chi connectivity index (χ1n) is 5.21. The van der Waals surface area contributed by atoms with Gasteiger partial charge in [-0.3, -0.25) is 0 Å². The zero-order valence-electron chi connectivity index (χ0n) is 8.21. The van der Waals surface area contributed by atoms with Crippen molar-refractivity contribution in [1.29, 1.82) is 0 Å². The fourth-order valence-electron chi connectivity index (χ4n) is 2.82. The normalized spacial score (nSPS) is 44.0. The van der Waals surface area contributed by atoms with E-state index < -0.39 is 0 Å². The van der Waals surface area contributed by atoms with Crippen LogP contribution in [0.4, 0.5) is 0 Å². The average molecular weight is 168 g/mol. The maximum Gasteiger partial charge on any atom is 0.0166 e. The van der Waals surface area contributed by atoms with Gasteiger partial charge in [0.15, 0.2) is 0 Å². The van der Waals surface area contributed by atoms with E-state index in [1.165, 1.54) is 32.4 Å². The van der Waals surface area contributed by atoms with Gasteiger partial charge in [0.2, 0.25) is 0 Å². The van der Waals surface area contributed by atoms with E-state index in [1.807, 2.05) is 0 Å². The molecule has 2 unspecified atom stereocenters. The summed E-state index contributed by atoms with van der Waals surface area (Å²) in [5.41, 5.74) is 0. The van der Waals surface area contributed by atoms with Crippen LogP contribution >= 0.6 is 0 Å². The highest BCUT2D eigenvalue weighted by molar-refractivity contribution is 4.89. The Morgan fingerprint density at radius 1 is 1.33 bits per heavy atom. The van der Waals surface area contributed by atoms with Gasteiger partial charge in [-0.15, -0.1) is 0 Å². The molecule has 1 saturated heterocycles. The molecule has 0 radical (unpaired) electrons. The molecule has 1 aliphatic heterocycles. The molecule has 0 bridgehead atoms. The third-order valence-corrected chi connectivity index (χ3v) is 3.48. The highest BCUT2D eigenvalue weighted by atomic mass is 15.2. The van der Waals surface area contributed by atoms with Gasteiger partial charge in [0, 0.05) is 18.6 Å². The van der Waals surface area contributed by atoms with E-state index in [4.69, 9.17) is 0 Å². The highest BCUT2D eigenvalue weighted by Crippen LogP contribution is 2.30. The molecule has 2 fully saturated rings. The molecule has 2 heteroatoms. The van der Waals surface area contributed by atoms with E-state index >= 15 is 0 Å². The van der Waals surface area contributed by atoms with Crippen LogP contribution in [0.15, 0.2) is 0 Å². The van der Waals surface area contributed by atoms with Gasteiger partial charge >= 0.3 is 0 Å². The van der Waals surface area contributed by atoms with Gasteiger partial charge in [0.1, 0.15) is 0 Å². The average Bonchev–Trinajstić information content (AvgIpc) is 2.43. The van der Waals surface area contributed by atoms with E-state index in [0.717, 1.165) is 12.0 Å². The predicted molar refractivity (Wildman–Crippen MR) is 51.2 cm³/mol. The molecule has 2 aliphatic rings. The molecular formula is C10H20N2. The third kappa shape index (κ3) is 1.50. The molecule has 0 aromatic rings. The molecule has 12 heavy (non-hydrogen) atoms. The van der Waals surface area contributed by atoms with Crippen LogP contribution in [-0.2, 0) is 0 Å². The Balaban J connectivity index is 2.04. The minimum absolute atomic E-state index is 0.681. The summed E-state index contributed by atoms with van der Waals surface area (Å²) in [4.78, 5) is 2.56. The molecule has 0 aromatic heterocycles. The van der Waals surface area contributed by atoms with Crippen LogP contribution in [0.1, 0.15) is 26.2 Å². The molecule has 1 heterocycles. The third-order valence-electron chi connectivity index (χ3n) is 3.48. The van der Waals surface area contributed by atoms with Crippen LogP contribution in [0.3, 0.4) is 0 Å². The number of nitrogens with zero attached hydrogens (tertiary/aromatic N) is 1. The van der Waals surface area contributed by atoms with Gasteiger partial charge in [-0.1, -0.05) is 6.42 Å². The van der Waals surface area contributed by atoms with E-state index in [1.54, 1.807) is 0 Å². The Kier molecular flexibility index (Phi) is 2.37. The lowest BCUT2D eigenvalue weighted by Crippen LogP contribution is -2.36. The van der Waals surface area contributed by atoms with E-state index in [0.29, 0.717) is 6.04 Å². The van der Waals surface area contributed by atoms with Crippen molar-refractivity contribution in [2.75, 3.05) is 20.1 Å². The fraction of sp³-hybridized carbons (Fsp3) is 1.00. The predicted octanol–water partition coefficient (Wildman–Crippen LogP) is 1.08. The first-order valence-corrected chi connectivity index (χ1v) is 5.21. The van der Waals surface area contributed by atoms with Crippen molar-refractivity contribution < 1.29 is 0 Å². The minimum Gasteiger partial charge on any atom is -0.313 e. The number of likely N-dealkylation sites (N-methyl/N-ethyl adjacent to an activating group) is 1. The van der Waals surface area contributed by atoms with Crippen molar-refractivity contribution in [2.24, 2.45) is 5.92 Å². The summed E-state index contributed by atoms with van der Waals surface area (Å²) in [6.45, 7) is 4.76. The van der Waals surface area contributed by atoms with Crippen molar-refractivity contribution in [3.63, 3.8) is 0 Å². The molecule has 70 valence electrons. The molecular weight excluding hydrogens is 148 g/mol. The lowest BCUT2D eigenvalue weighted by Gasteiger charge is -2.26. The molecule has 0 spiro atoms. The molecule has 1 N–H and O–H groups in total. The molecule has 0 amide bonds. The molecule has 3 atom stereocenters. The number of rotatable bonds is 0. The summed E-state index contributed by atoms with van der Waals surface area (Å²) in [7, 11) is 2.28. The number of hydrogen-bond donors (Lipinski definition) is 1. The van der Waals surface area contributed by atoms with E-state index in [-0.39, 0.29) is 0 Å². The quantitative estimate of drug-likeness (QED) is 0.582.